The first-order valence-corrected chi connectivity index (χ1v) is 6.81. The van der Waals surface area contributed by atoms with Crippen molar-refractivity contribution in [2.24, 2.45) is 5.41 Å². The Kier molecular flexibility index (Phi) is 2.72. The summed E-state index contributed by atoms with van der Waals surface area (Å²) in [6.45, 7) is 4.31. The lowest BCUT2D eigenvalue weighted by molar-refractivity contribution is -0.0586. The van der Waals surface area contributed by atoms with Gasteiger partial charge in [0.25, 0.3) is 0 Å². The van der Waals surface area contributed by atoms with E-state index in [0.29, 0.717) is 24.0 Å². The van der Waals surface area contributed by atoms with Gasteiger partial charge < -0.3 is 9.52 Å². The van der Waals surface area contributed by atoms with Crippen LogP contribution >= 0.6 is 0 Å². The third kappa shape index (κ3) is 2.16. The van der Waals surface area contributed by atoms with E-state index in [2.05, 4.69) is 13.8 Å². The summed E-state index contributed by atoms with van der Waals surface area (Å²) in [5.74, 6) is 0.128. The van der Waals surface area contributed by atoms with E-state index in [1.807, 2.05) is 6.07 Å². The van der Waals surface area contributed by atoms with Crippen LogP contribution in [-0.4, -0.2) is 5.11 Å². The van der Waals surface area contributed by atoms with E-state index in [1.165, 1.54) is 6.07 Å². The van der Waals surface area contributed by atoms with Gasteiger partial charge >= 0.3 is 0 Å². The average molecular weight is 262 g/mol. The second-order valence-electron chi connectivity index (χ2n) is 6.49. The molecule has 19 heavy (non-hydrogen) atoms. The molecule has 2 nitrogen and oxygen atoms in total. The summed E-state index contributed by atoms with van der Waals surface area (Å²) in [5, 5.41) is 11.6. The van der Waals surface area contributed by atoms with Crippen LogP contribution in [-0.2, 0) is 5.60 Å². The fourth-order valence-electron chi connectivity index (χ4n) is 3.30. The second-order valence-corrected chi connectivity index (χ2v) is 6.49. The number of aliphatic hydroxyl groups is 1. The maximum absolute atomic E-state index is 13.7. The summed E-state index contributed by atoms with van der Waals surface area (Å²) in [7, 11) is 0. The van der Waals surface area contributed by atoms with Crippen LogP contribution in [0.3, 0.4) is 0 Å². The van der Waals surface area contributed by atoms with E-state index >= 15 is 0 Å². The van der Waals surface area contributed by atoms with Gasteiger partial charge in [0.15, 0.2) is 11.4 Å². The van der Waals surface area contributed by atoms with Crippen LogP contribution in [0, 0.1) is 11.2 Å². The fourth-order valence-corrected chi connectivity index (χ4v) is 3.30. The molecule has 1 aromatic carbocycles. The number of fused-ring (bicyclic) bond motifs is 1. The van der Waals surface area contributed by atoms with E-state index in [0.717, 1.165) is 12.8 Å². The van der Waals surface area contributed by atoms with Crippen molar-refractivity contribution in [2.45, 2.75) is 45.1 Å². The summed E-state index contributed by atoms with van der Waals surface area (Å²) < 4.78 is 19.3. The van der Waals surface area contributed by atoms with Gasteiger partial charge in [0.05, 0.1) is 0 Å². The Morgan fingerprint density at radius 3 is 2.74 bits per heavy atom. The standard InChI is InChI=1S/C16H19FO2/c1-15(2)7-4-8-16(18,10-15)13-9-11-5-3-6-12(17)14(11)19-13/h3,5-6,9,18H,4,7-8,10H2,1-2H3. The smallest absolute Gasteiger partial charge is 0.170 e. The van der Waals surface area contributed by atoms with Gasteiger partial charge in [0, 0.05) is 5.39 Å². The highest BCUT2D eigenvalue weighted by Crippen LogP contribution is 2.47. The molecule has 1 unspecified atom stereocenters. The topological polar surface area (TPSA) is 33.4 Å². The minimum atomic E-state index is -0.965. The highest BCUT2D eigenvalue weighted by atomic mass is 19.1. The molecule has 0 radical (unpaired) electrons. The monoisotopic (exact) mass is 262 g/mol. The van der Waals surface area contributed by atoms with Crippen molar-refractivity contribution in [2.75, 3.05) is 0 Å². The van der Waals surface area contributed by atoms with Gasteiger partial charge in [0.2, 0.25) is 0 Å². The van der Waals surface area contributed by atoms with Crippen molar-refractivity contribution in [3.05, 3.63) is 35.8 Å². The predicted octanol–water partition coefficient (Wildman–Crippen LogP) is 4.36. The van der Waals surface area contributed by atoms with E-state index in [9.17, 15) is 9.50 Å². The number of furan rings is 1. The van der Waals surface area contributed by atoms with Crippen molar-refractivity contribution in [3.63, 3.8) is 0 Å². The molecule has 3 heteroatoms. The molecule has 0 spiro atoms. The molecule has 2 aromatic rings. The van der Waals surface area contributed by atoms with Gasteiger partial charge in [-0.15, -0.1) is 0 Å². The molecule has 1 aliphatic rings. The van der Waals surface area contributed by atoms with Crippen LogP contribution < -0.4 is 0 Å². The molecule has 1 N–H and O–H groups in total. The van der Waals surface area contributed by atoms with Crippen LogP contribution in [0.1, 0.15) is 45.3 Å². The third-order valence-corrected chi connectivity index (χ3v) is 4.17. The Bertz CT molecular complexity index is 614. The molecule has 0 bridgehead atoms. The minimum Gasteiger partial charge on any atom is -0.455 e. The highest BCUT2D eigenvalue weighted by Gasteiger charge is 2.42. The summed E-state index contributed by atoms with van der Waals surface area (Å²) in [4.78, 5) is 0. The van der Waals surface area contributed by atoms with Crippen molar-refractivity contribution >= 4 is 11.0 Å². The molecule has 1 saturated carbocycles. The normalized spacial score (nSPS) is 26.7. The maximum Gasteiger partial charge on any atom is 0.170 e. The zero-order chi connectivity index (χ0) is 13.7. The molecule has 1 heterocycles. The molecule has 1 aromatic heterocycles. The Labute approximate surface area is 112 Å². The Morgan fingerprint density at radius 1 is 1.26 bits per heavy atom. The first kappa shape index (κ1) is 12.7. The molecule has 1 fully saturated rings. The van der Waals surface area contributed by atoms with E-state index in [-0.39, 0.29) is 16.8 Å². The summed E-state index contributed by atoms with van der Waals surface area (Å²) in [6.07, 6.45) is 3.40. The van der Waals surface area contributed by atoms with Crippen LogP contribution in [0.25, 0.3) is 11.0 Å². The lowest BCUT2D eigenvalue weighted by atomic mass is 9.69. The number of rotatable bonds is 1. The molecule has 0 amide bonds. The molecule has 3 rings (SSSR count). The number of para-hydroxylation sites is 1. The molecule has 102 valence electrons. The van der Waals surface area contributed by atoms with Crippen LogP contribution in [0.15, 0.2) is 28.7 Å². The lowest BCUT2D eigenvalue weighted by Crippen LogP contribution is -2.36. The van der Waals surface area contributed by atoms with Crippen molar-refractivity contribution in [3.8, 4) is 0 Å². The van der Waals surface area contributed by atoms with Gasteiger partial charge in [-0.05, 0) is 43.2 Å². The molecular weight excluding hydrogens is 243 g/mol. The molecular formula is C16H19FO2. The Balaban J connectivity index is 2.06. The quantitative estimate of drug-likeness (QED) is 0.828. The van der Waals surface area contributed by atoms with Crippen molar-refractivity contribution in [1.82, 2.24) is 0 Å². The maximum atomic E-state index is 13.7. The summed E-state index contributed by atoms with van der Waals surface area (Å²) >= 11 is 0. The van der Waals surface area contributed by atoms with Gasteiger partial charge in [-0.1, -0.05) is 26.0 Å². The largest absolute Gasteiger partial charge is 0.455 e. The van der Waals surface area contributed by atoms with Crippen molar-refractivity contribution in [1.29, 1.82) is 0 Å². The van der Waals surface area contributed by atoms with Crippen LogP contribution in [0.2, 0.25) is 0 Å². The SMILES string of the molecule is CC1(C)CCCC(O)(c2cc3cccc(F)c3o2)C1. The minimum absolute atomic E-state index is 0.0878. The summed E-state index contributed by atoms with van der Waals surface area (Å²) in [5.41, 5.74) is -0.633. The zero-order valence-corrected chi connectivity index (χ0v) is 11.4. The van der Waals surface area contributed by atoms with Gasteiger partial charge in [-0.2, -0.15) is 0 Å². The number of hydrogen-bond donors (Lipinski definition) is 1. The van der Waals surface area contributed by atoms with Crippen LogP contribution in [0.4, 0.5) is 4.39 Å². The third-order valence-electron chi connectivity index (χ3n) is 4.17. The Morgan fingerprint density at radius 2 is 2.05 bits per heavy atom. The van der Waals surface area contributed by atoms with Gasteiger partial charge in [0.1, 0.15) is 11.4 Å². The highest BCUT2D eigenvalue weighted by molar-refractivity contribution is 5.78. The van der Waals surface area contributed by atoms with Gasteiger partial charge in [-0.25, -0.2) is 4.39 Å². The average Bonchev–Trinajstić information content (AvgIpc) is 2.73. The van der Waals surface area contributed by atoms with E-state index in [1.54, 1.807) is 12.1 Å². The molecule has 0 aliphatic heterocycles. The van der Waals surface area contributed by atoms with E-state index in [4.69, 9.17) is 4.42 Å². The molecule has 1 atom stereocenters. The van der Waals surface area contributed by atoms with E-state index < -0.39 is 5.60 Å². The molecule has 1 aliphatic carbocycles. The second kappa shape index (κ2) is 4.07. The Hall–Kier alpha value is -1.35. The van der Waals surface area contributed by atoms with Gasteiger partial charge in [-0.3, -0.25) is 0 Å². The number of benzene rings is 1. The lowest BCUT2D eigenvalue weighted by Gasteiger charge is -2.40. The first-order valence-electron chi connectivity index (χ1n) is 6.81. The molecule has 0 saturated heterocycles. The number of hydrogen-bond acceptors (Lipinski definition) is 2. The van der Waals surface area contributed by atoms with Crippen molar-refractivity contribution < 1.29 is 13.9 Å². The summed E-state index contributed by atoms with van der Waals surface area (Å²) in [6, 6.07) is 6.62. The number of halogens is 1. The fraction of sp³-hybridized carbons (Fsp3) is 0.500. The van der Waals surface area contributed by atoms with Crippen LogP contribution in [0.5, 0.6) is 0 Å². The zero-order valence-electron chi connectivity index (χ0n) is 11.4. The first-order chi connectivity index (χ1) is 8.90. The predicted molar refractivity (Wildman–Crippen MR) is 72.3 cm³/mol.